The van der Waals surface area contributed by atoms with Gasteiger partial charge in [-0.05, 0) is 31.2 Å². The first-order valence-corrected chi connectivity index (χ1v) is 6.79. The third-order valence-corrected chi connectivity index (χ3v) is 4.62. The Morgan fingerprint density at radius 3 is 2.22 bits per heavy atom. The van der Waals surface area contributed by atoms with Crippen molar-refractivity contribution in [1.82, 2.24) is 4.31 Å². The number of carbonyl (C=O) groups is 1. The molecule has 0 aliphatic carbocycles. The number of amides is 1. The number of sulfonamides is 1. The number of carbonyl (C=O) groups excluding carboxylic acids is 1. The summed E-state index contributed by atoms with van der Waals surface area (Å²) in [6.07, 6.45) is 0. The molecule has 1 aromatic rings. The molecule has 0 saturated carbocycles. The molecule has 0 aromatic heterocycles. The van der Waals surface area contributed by atoms with E-state index in [1.54, 1.807) is 6.92 Å². The minimum absolute atomic E-state index is 0.0763. The van der Waals surface area contributed by atoms with Gasteiger partial charge in [-0.25, -0.2) is 8.42 Å². The van der Waals surface area contributed by atoms with E-state index in [0.717, 1.165) is 0 Å². The van der Waals surface area contributed by atoms with Crippen molar-refractivity contribution < 1.29 is 18.3 Å². The van der Waals surface area contributed by atoms with Crippen molar-refractivity contribution in [3.05, 3.63) is 29.8 Å². The molecule has 98 valence electrons. The van der Waals surface area contributed by atoms with Crippen molar-refractivity contribution in [2.75, 3.05) is 13.1 Å². The predicted molar refractivity (Wildman–Crippen MR) is 64.3 cm³/mol. The molecule has 6 nitrogen and oxygen atoms in total. The van der Waals surface area contributed by atoms with E-state index < -0.39 is 21.5 Å². The highest BCUT2D eigenvalue weighted by atomic mass is 32.2. The van der Waals surface area contributed by atoms with Gasteiger partial charge in [0, 0.05) is 18.7 Å². The summed E-state index contributed by atoms with van der Waals surface area (Å²) >= 11 is 0. The van der Waals surface area contributed by atoms with Gasteiger partial charge in [0.25, 0.3) is 0 Å². The van der Waals surface area contributed by atoms with Gasteiger partial charge in [0.15, 0.2) is 0 Å². The highest BCUT2D eigenvalue weighted by molar-refractivity contribution is 7.89. The number of primary amides is 1. The molecule has 1 saturated heterocycles. The lowest BCUT2D eigenvalue weighted by Gasteiger charge is -2.42. The Kier molecular flexibility index (Phi) is 2.92. The van der Waals surface area contributed by atoms with E-state index in [-0.39, 0.29) is 23.5 Å². The number of aliphatic hydroxyl groups is 1. The summed E-state index contributed by atoms with van der Waals surface area (Å²) in [5.41, 5.74) is 4.37. The maximum Gasteiger partial charge on any atom is 0.248 e. The van der Waals surface area contributed by atoms with Crippen LogP contribution < -0.4 is 5.73 Å². The van der Waals surface area contributed by atoms with Gasteiger partial charge in [-0.1, -0.05) is 0 Å². The fraction of sp³-hybridized carbons (Fsp3) is 0.364. The zero-order chi connectivity index (χ0) is 13.6. The molecule has 1 fully saturated rings. The molecule has 1 aromatic carbocycles. The molecule has 0 unspecified atom stereocenters. The van der Waals surface area contributed by atoms with Crippen LogP contribution in [0.1, 0.15) is 17.3 Å². The van der Waals surface area contributed by atoms with Crippen molar-refractivity contribution in [3.8, 4) is 0 Å². The lowest BCUT2D eigenvalue weighted by Crippen LogP contribution is -2.61. The van der Waals surface area contributed by atoms with E-state index in [1.807, 2.05) is 0 Å². The molecule has 7 heteroatoms. The molecular weight excluding hydrogens is 256 g/mol. The van der Waals surface area contributed by atoms with Crippen LogP contribution in [-0.2, 0) is 10.0 Å². The van der Waals surface area contributed by atoms with Crippen LogP contribution in [0.2, 0.25) is 0 Å². The molecule has 18 heavy (non-hydrogen) atoms. The first-order chi connectivity index (χ1) is 8.22. The third-order valence-electron chi connectivity index (χ3n) is 2.81. The normalized spacial score (nSPS) is 19.2. The summed E-state index contributed by atoms with van der Waals surface area (Å²) in [5, 5.41) is 9.54. The van der Waals surface area contributed by atoms with Gasteiger partial charge in [-0.2, -0.15) is 4.31 Å². The van der Waals surface area contributed by atoms with Crippen molar-refractivity contribution in [3.63, 3.8) is 0 Å². The molecule has 0 atom stereocenters. The third kappa shape index (κ3) is 2.24. The van der Waals surface area contributed by atoms with Crippen molar-refractivity contribution >= 4 is 15.9 Å². The summed E-state index contributed by atoms with van der Waals surface area (Å²) in [5.74, 6) is -0.606. The number of β-amino-alcohol motifs (C(OH)–C–C–N with tert-alkyl or cyclic N) is 1. The number of hydrogen-bond donors (Lipinski definition) is 2. The molecule has 1 aliphatic rings. The number of nitrogens with zero attached hydrogens (tertiary/aromatic N) is 1. The molecule has 0 spiro atoms. The first-order valence-electron chi connectivity index (χ1n) is 5.35. The van der Waals surface area contributed by atoms with Crippen molar-refractivity contribution in [2.24, 2.45) is 5.73 Å². The molecule has 1 heterocycles. The zero-order valence-electron chi connectivity index (χ0n) is 9.83. The summed E-state index contributed by atoms with van der Waals surface area (Å²) in [6.45, 7) is 1.73. The van der Waals surface area contributed by atoms with Gasteiger partial charge in [-0.3, -0.25) is 4.79 Å². The Bertz CT molecular complexity index is 570. The Balaban J connectivity index is 2.23. The van der Waals surface area contributed by atoms with Crippen LogP contribution in [0.4, 0.5) is 0 Å². The highest BCUT2D eigenvalue weighted by Gasteiger charge is 2.43. The van der Waals surface area contributed by atoms with Gasteiger partial charge in [-0.15, -0.1) is 0 Å². The standard InChI is InChI=1S/C11H14N2O4S/c1-11(15)6-13(7-11)18(16,17)9-4-2-8(3-5-9)10(12)14/h2-5,15H,6-7H2,1H3,(H2,12,14). The molecule has 1 amide bonds. The predicted octanol–water partition coefficient (Wildman–Crippen LogP) is -0.459. The van der Waals surface area contributed by atoms with Crippen molar-refractivity contribution in [2.45, 2.75) is 17.4 Å². The van der Waals surface area contributed by atoms with Gasteiger partial charge >= 0.3 is 0 Å². The Morgan fingerprint density at radius 2 is 1.83 bits per heavy atom. The molecule has 0 bridgehead atoms. The van der Waals surface area contributed by atoms with Gasteiger partial charge in [0.1, 0.15) is 0 Å². The van der Waals surface area contributed by atoms with Crippen LogP contribution in [-0.4, -0.2) is 42.4 Å². The van der Waals surface area contributed by atoms with Crippen LogP contribution in [0.15, 0.2) is 29.2 Å². The van der Waals surface area contributed by atoms with Gasteiger partial charge < -0.3 is 10.8 Å². The number of hydrogen-bond acceptors (Lipinski definition) is 4. The largest absolute Gasteiger partial charge is 0.387 e. The summed E-state index contributed by atoms with van der Waals surface area (Å²) in [4.78, 5) is 11.0. The van der Waals surface area contributed by atoms with E-state index in [2.05, 4.69) is 0 Å². The SMILES string of the molecule is CC1(O)CN(S(=O)(=O)c2ccc(C(N)=O)cc2)C1. The van der Waals surface area contributed by atoms with E-state index >= 15 is 0 Å². The van der Waals surface area contributed by atoms with Crippen molar-refractivity contribution in [1.29, 1.82) is 0 Å². The van der Waals surface area contributed by atoms with E-state index in [9.17, 15) is 18.3 Å². The Labute approximate surface area is 105 Å². The number of benzene rings is 1. The molecule has 1 aliphatic heterocycles. The fourth-order valence-corrected chi connectivity index (χ4v) is 3.50. The summed E-state index contributed by atoms with van der Waals surface area (Å²) in [6, 6.07) is 5.41. The fourth-order valence-electron chi connectivity index (χ4n) is 1.82. The number of rotatable bonds is 3. The van der Waals surface area contributed by atoms with Crippen LogP contribution in [0, 0.1) is 0 Å². The van der Waals surface area contributed by atoms with Crippen LogP contribution in [0.3, 0.4) is 0 Å². The quantitative estimate of drug-likeness (QED) is 0.776. The van der Waals surface area contributed by atoms with E-state index in [0.29, 0.717) is 0 Å². The van der Waals surface area contributed by atoms with Crippen LogP contribution >= 0.6 is 0 Å². The van der Waals surface area contributed by atoms with Gasteiger partial charge in [0.2, 0.25) is 15.9 Å². The Hall–Kier alpha value is -1.44. The summed E-state index contributed by atoms with van der Waals surface area (Å²) in [7, 11) is -3.59. The monoisotopic (exact) mass is 270 g/mol. The smallest absolute Gasteiger partial charge is 0.248 e. The average molecular weight is 270 g/mol. The van der Waals surface area contributed by atoms with E-state index in [1.165, 1.54) is 28.6 Å². The lowest BCUT2D eigenvalue weighted by atomic mass is 10.0. The van der Waals surface area contributed by atoms with Crippen LogP contribution in [0.5, 0.6) is 0 Å². The highest BCUT2D eigenvalue weighted by Crippen LogP contribution is 2.27. The molecular formula is C11H14N2O4S. The van der Waals surface area contributed by atoms with E-state index in [4.69, 9.17) is 5.73 Å². The maximum atomic E-state index is 12.1. The average Bonchev–Trinajstić information content (AvgIpc) is 2.26. The lowest BCUT2D eigenvalue weighted by molar-refractivity contribution is -0.0426. The second-order valence-corrected chi connectivity index (χ2v) is 6.60. The zero-order valence-corrected chi connectivity index (χ0v) is 10.6. The summed E-state index contributed by atoms with van der Waals surface area (Å²) < 4.78 is 25.4. The maximum absolute atomic E-state index is 12.1. The molecule has 2 rings (SSSR count). The number of nitrogens with two attached hydrogens (primary N) is 1. The topological polar surface area (TPSA) is 101 Å². The minimum atomic E-state index is -3.59. The van der Waals surface area contributed by atoms with Gasteiger partial charge in [0.05, 0.1) is 10.5 Å². The molecule has 0 radical (unpaired) electrons. The first kappa shape index (κ1) is 13.0. The second kappa shape index (κ2) is 4.04. The molecule has 3 N–H and O–H groups in total. The second-order valence-electron chi connectivity index (χ2n) is 4.66. The minimum Gasteiger partial charge on any atom is -0.387 e. The Morgan fingerprint density at radius 1 is 1.33 bits per heavy atom. The van der Waals surface area contributed by atoms with Crippen LogP contribution in [0.25, 0.3) is 0 Å².